The molecule has 0 saturated heterocycles. The normalized spacial score (nSPS) is 14.8. The van der Waals surface area contributed by atoms with Crippen LogP contribution in [0.25, 0.3) is 0 Å². The molecule has 90 valence electrons. The Morgan fingerprint density at radius 3 is 2.75 bits per heavy atom. The Kier molecular flexibility index (Phi) is 5.19. The van der Waals surface area contributed by atoms with E-state index in [1.165, 1.54) is 6.07 Å². The molecule has 0 aliphatic rings. The summed E-state index contributed by atoms with van der Waals surface area (Å²) in [7, 11) is 0. The van der Waals surface area contributed by atoms with Gasteiger partial charge in [-0.3, -0.25) is 0 Å². The van der Waals surface area contributed by atoms with Gasteiger partial charge in [-0.25, -0.2) is 4.39 Å². The second-order valence-corrected chi connectivity index (χ2v) is 4.27. The molecule has 0 aliphatic heterocycles. The van der Waals surface area contributed by atoms with Gasteiger partial charge >= 0.3 is 0 Å². The first-order chi connectivity index (χ1) is 7.56. The van der Waals surface area contributed by atoms with Crippen LogP contribution in [0.1, 0.15) is 31.9 Å². The van der Waals surface area contributed by atoms with E-state index >= 15 is 0 Å². The van der Waals surface area contributed by atoms with Crippen LogP contribution in [-0.2, 0) is 0 Å². The lowest BCUT2D eigenvalue weighted by molar-refractivity contribution is 0.185. The number of hydrogen-bond acceptors (Lipinski definition) is 2. The van der Waals surface area contributed by atoms with Crippen molar-refractivity contribution in [3.63, 3.8) is 0 Å². The monoisotopic (exact) mass is 245 g/mol. The molecule has 0 heterocycles. The van der Waals surface area contributed by atoms with Gasteiger partial charge in [0.25, 0.3) is 0 Å². The van der Waals surface area contributed by atoms with Gasteiger partial charge in [-0.2, -0.15) is 0 Å². The number of benzene rings is 1. The molecule has 0 aliphatic carbocycles. The molecule has 0 fully saturated rings. The first-order valence-corrected chi connectivity index (χ1v) is 5.79. The summed E-state index contributed by atoms with van der Waals surface area (Å²) in [5.41, 5.74) is 0.552. The van der Waals surface area contributed by atoms with E-state index in [4.69, 9.17) is 11.6 Å². The van der Waals surface area contributed by atoms with Crippen molar-refractivity contribution in [3.05, 3.63) is 34.6 Å². The van der Waals surface area contributed by atoms with E-state index in [-0.39, 0.29) is 16.9 Å². The van der Waals surface area contributed by atoms with Crippen molar-refractivity contribution in [1.82, 2.24) is 5.32 Å². The Labute approximate surface area is 100 Å². The van der Waals surface area contributed by atoms with Crippen molar-refractivity contribution in [2.24, 2.45) is 0 Å². The molecule has 2 N–H and O–H groups in total. The van der Waals surface area contributed by atoms with Gasteiger partial charge in [0, 0.05) is 18.2 Å². The van der Waals surface area contributed by atoms with Crippen LogP contribution in [0.3, 0.4) is 0 Å². The Hall–Kier alpha value is -0.640. The lowest BCUT2D eigenvalue weighted by atomic mass is 10.0. The van der Waals surface area contributed by atoms with Gasteiger partial charge in [0.2, 0.25) is 0 Å². The van der Waals surface area contributed by atoms with E-state index < -0.39 is 6.10 Å². The SMILES string of the molecule is CCC(NCC(C)O)c1cccc(Cl)c1F. The molecule has 0 spiro atoms. The zero-order valence-electron chi connectivity index (χ0n) is 9.50. The molecule has 1 aromatic carbocycles. The summed E-state index contributed by atoms with van der Waals surface area (Å²) in [6, 6.07) is 4.85. The zero-order valence-corrected chi connectivity index (χ0v) is 10.3. The summed E-state index contributed by atoms with van der Waals surface area (Å²) >= 11 is 5.73. The van der Waals surface area contributed by atoms with Gasteiger partial charge in [-0.1, -0.05) is 30.7 Å². The van der Waals surface area contributed by atoms with Crippen LogP contribution >= 0.6 is 11.6 Å². The molecule has 4 heteroatoms. The molecule has 0 radical (unpaired) electrons. The third-order valence-electron chi connectivity index (χ3n) is 2.42. The lowest BCUT2D eigenvalue weighted by Gasteiger charge is -2.19. The van der Waals surface area contributed by atoms with Crippen molar-refractivity contribution >= 4 is 11.6 Å². The van der Waals surface area contributed by atoms with Crippen molar-refractivity contribution in [2.75, 3.05) is 6.54 Å². The van der Waals surface area contributed by atoms with Gasteiger partial charge in [-0.05, 0) is 19.4 Å². The molecule has 0 aromatic heterocycles. The molecule has 1 aromatic rings. The number of rotatable bonds is 5. The highest BCUT2D eigenvalue weighted by atomic mass is 35.5. The predicted octanol–water partition coefficient (Wildman–Crippen LogP) is 2.90. The molecule has 0 amide bonds. The average molecular weight is 246 g/mol. The first kappa shape index (κ1) is 13.4. The maximum Gasteiger partial charge on any atom is 0.146 e. The molecule has 16 heavy (non-hydrogen) atoms. The Morgan fingerprint density at radius 2 is 2.19 bits per heavy atom. The van der Waals surface area contributed by atoms with Crippen LogP contribution in [0.5, 0.6) is 0 Å². The molecular weight excluding hydrogens is 229 g/mol. The number of aliphatic hydroxyl groups is 1. The average Bonchev–Trinajstić information content (AvgIpc) is 2.24. The number of aliphatic hydroxyl groups excluding tert-OH is 1. The Bertz CT molecular complexity index is 344. The van der Waals surface area contributed by atoms with Crippen molar-refractivity contribution in [3.8, 4) is 0 Å². The summed E-state index contributed by atoms with van der Waals surface area (Å²) in [4.78, 5) is 0. The van der Waals surface area contributed by atoms with Gasteiger partial charge < -0.3 is 10.4 Å². The van der Waals surface area contributed by atoms with E-state index in [0.29, 0.717) is 12.1 Å². The summed E-state index contributed by atoms with van der Waals surface area (Å²) < 4.78 is 13.7. The van der Waals surface area contributed by atoms with E-state index in [1.807, 2.05) is 6.92 Å². The van der Waals surface area contributed by atoms with E-state index in [2.05, 4.69) is 5.32 Å². The second kappa shape index (κ2) is 6.18. The van der Waals surface area contributed by atoms with Crippen LogP contribution in [-0.4, -0.2) is 17.8 Å². The fourth-order valence-corrected chi connectivity index (χ4v) is 1.76. The highest BCUT2D eigenvalue weighted by molar-refractivity contribution is 6.30. The van der Waals surface area contributed by atoms with Crippen molar-refractivity contribution < 1.29 is 9.50 Å². The van der Waals surface area contributed by atoms with E-state index in [0.717, 1.165) is 6.42 Å². The smallest absolute Gasteiger partial charge is 0.146 e. The summed E-state index contributed by atoms with van der Waals surface area (Å²) in [6.45, 7) is 4.08. The first-order valence-electron chi connectivity index (χ1n) is 5.41. The summed E-state index contributed by atoms with van der Waals surface area (Å²) in [5, 5.41) is 12.4. The molecule has 0 bridgehead atoms. The standard InChI is InChI=1S/C12H17ClFNO/c1-3-11(15-7-8(2)16)9-5-4-6-10(13)12(9)14/h4-6,8,11,15-16H,3,7H2,1-2H3. The number of nitrogens with one attached hydrogen (secondary N) is 1. The van der Waals surface area contributed by atoms with Crippen molar-refractivity contribution in [1.29, 1.82) is 0 Å². The second-order valence-electron chi connectivity index (χ2n) is 3.86. The lowest BCUT2D eigenvalue weighted by Crippen LogP contribution is -2.29. The molecule has 1 rings (SSSR count). The molecule has 2 atom stereocenters. The quantitative estimate of drug-likeness (QED) is 0.836. The van der Waals surface area contributed by atoms with E-state index in [9.17, 15) is 9.50 Å². The fraction of sp³-hybridized carbons (Fsp3) is 0.500. The van der Waals surface area contributed by atoms with Crippen LogP contribution in [0, 0.1) is 5.82 Å². The highest BCUT2D eigenvalue weighted by Crippen LogP contribution is 2.25. The van der Waals surface area contributed by atoms with Gasteiger partial charge in [0.15, 0.2) is 0 Å². The largest absolute Gasteiger partial charge is 0.392 e. The van der Waals surface area contributed by atoms with Crippen LogP contribution in [0.4, 0.5) is 4.39 Å². The summed E-state index contributed by atoms with van der Waals surface area (Å²) in [6.07, 6.45) is 0.292. The predicted molar refractivity (Wildman–Crippen MR) is 64.1 cm³/mol. The topological polar surface area (TPSA) is 32.3 Å². The van der Waals surface area contributed by atoms with Crippen LogP contribution < -0.4 is 5.32 Å². The number of hydrogen-bond donors (Lipinski definition) is 2. The van der Waals surface area contributed by atoms with Crippen LogP contribution in [0.15, 0.2) is 18.2 Å². The minimum absolute atomic E-state index is 0.117. The van der Waals surface area contributed by atoms with E-state index in [1.54, 1.807) is 19.1 Å². The van der Waals surface area contributed by atoms with Crippen molar-refractivity contribution in [2.45, 2.75) is 32.4 Å². The fourth-order valence-electron chi connectivity index (χ4n) is 1.58. The maximum absolute atomic E-state index is 13.7. The third kappa shape index (κ3) is 3.44. The summed E-state index contributed by atoms with van der Waals surface area (Å²) in [5.74, 6) is -0.380. The highest BCUT2D eigenvalue weighted by Gasteiger charge is 2.15. The Morgan fingerprint density at radius 1 is 1.50 bits per heavy atom. The Balaban J connectivity index is 2.82. The molecule has 2 unspecified atom stereocenters. The van der Waals surface area contributed by atoms with Crippen LogP contribution in [0.2, 0.25) is 5.02 Å². The minimum Gasteiger partial charge on any atom is -0.392 e. The van der Waals surface area contributed by atoms with Gasteiger partial charge in [0.1, 0.15) is 5.82 Å². The van der Waals surface area contributed by atoms with Gasteiger partial charge in [0.05, 0.1) is 11.1 Å². The molecule has 2 nitrogen and oxygen atoms in total. The molecule has 0 saturated carbocycles. The van der Waals surface area contributed by atoms with Gasteiger partial charge in [-0.15, -0.1) is 0 Å². The molecular formula is C12H17ClFNO. The maximum atomic E-state index is 13.7. The minimum atomic E-state index is -0.448. The number of halogens is 2. The zero-order chi connectivity index (χ0) is 12.1. The third-order valence-corrected chi connectivity index (χ3v) is 2.72.